The summed E-state index contributed by atoms with van der Waals surface area (Å²) in [6, 6.07) is 15.9. The van der Waals surface area contributed by atoms with Crippen molar-refractivity contribution >= 4 is 11.2 Å². The number of rotatable bonds is 5. The van der Waals surface area contributed by atoms with E-state index in [0.717, 1.165) is 22.5 Å². The number of nitrogens with zero attached hydrogens (tertiary/aromatic N) is 3. The van der Waals surface area contributed by atoms with E-state index in [9.17, 15) is 0 Å². The van der Waals surface area contributed by atoms with E-state index in [1.54, 1.807) is 6.07 Å². The van der Waals surface area contributed by atoms with E-state index in [1.165, 1.54) is 0 Å². The van der Waals surface area contributed by atoms with E-state index < -0.39 is 0 Å². The van der Waals surface area contributed by atoms with Crippen molar-refractivity contribution in [1.29, 1.82) is 5.26 Å². The molecule has 0 saturated heterocycles. The zero-order valence-corrected chi connectivity index (χ0v) is 12.2. The van der Waals surface area contributed by atoms with Crippen LogP contribution in [0, 0.1) is 11.3 Å². The van der Waals surface area contributed by atoms with Crippen LogP contribution in [0.1, 0.15) is 16.8 Å². The van der Waals surface area contributed by atoms with Crippen molar-refractivity contribution in [3.8, 4) is 6.07 Å². The van der Waals surface area contributed by atoms with Gasteiger partial charge in [-0.1, -0.05) is 36.9 Å². The lowest BCUT2D eigenvalue weighted by Gasteiger charge is -2.08. The maximum atomic E-state index is 8.99. The van der Waals surface area contributed by atoms with Crippen molar-refractivity contribution in [2.75, 3.05) is 6.54 Å². The molecule has 2 aromatic heterocycles. The average Bonchev–Trinajstić information content (AvgIpc) is 2.98. The minimum atomic E-state index is 0.625. The molecule has 0 aliphatic carbocycles. The molecule has 0 saturated carbocycles. The first kappa shape index (κ1) is 14.1. The van der Waals surface area contributed by atoms with E-state index in [4.69, 9.17) is 5.26 Å². The Morgan fingerprint density at radius 1 is 1.23 bits per heavy atom. The molecule has 1 aromatic carbocycles. The predicted octanol–water partition coefficient (Wildman–Crippen LogP) is 3.01. The molecule has 4 nitrogen and oxygen atoms in total. The van der Waals surface area contributed by atoms with Crippen molar-refractivity contribution in [2.24, 2.45) is 0 Å². The molecular weight excluding hydrogens is 272 g/mol. The Labute approximate surface area is 129 Å². The standard InChI is InChI=1S/C18H16N4/c1-14(16-5-3-2-4-6-16)10-20-11-17-12-21-18-8-7-15(9-19)13-22(17)18/h2-8,12-13,20H,1,10-11H2. The van der Waals surface area contributed by atoms with Gasteiger partial charge in [0.1, 0.15) is 11.7 Å². The molecule has 0 amide bonds. The number of hydrogen-bond donors (Lipinski definition) is 1. The minimum Gasteiger partial charge on any atom is -0.307 e. The first-order valence-corrected chi connectivity index (χ1v) is 7.08. The summed E-state index contributed by atoms with van der Waals surface area (Å²) in [5.74, 6) is 0. The summed E-state index contributed by atoms with van der Waals surface area (Å²) in [7, 11) is 0. The Balaban J connectivity index is 1.67. The van der Waals surface area contributed by atoms with Crippen LogP contribution in [-0.2, 0) is 6.54 Å². The van der Waals surface area contributed by atoms with Gasteiger partial charge in [-0.05, 0) is 23.3 Å². The van der Waals surface area contributed by atoms with E-state index in [-0.39, 0.29) is 0 Å². The van der Waals surface area contributed by atoms with Crippen molar-refractivity contribution in [3.05, 3.63) is 78.3 Å². The first-order chi connectivity index (χ1) is 10.8. The van der Waals surface area contributed by atoms with Crippen molar-refractivity contribution in [1.82, 2.24) is 14.7 Å². The van der Waals surface area contributed by atoms with Gasteiger partial charge in [-0.2, -0.15) is 5.26 Å². The predicted molar refractivity (Wildman–Crippen MR) is 87.1 cm³/mol. The highest BCUT2D eigenvalue weighted by Crippen LogP contribution is 2.11. The third-order valence-corrected chi connectivity index (χ3v) is 3.54. The fraction of sp³-hybridized carbons (Fsp3) is 0.111. The zero-order valence-electron chi connectivity index (χ0n) is 12.2. The molecule has 4 heteroatoms. The Morgan fingerprint density at radius 2 is 2.05 bits per heavy atom. The second kappa shape index (κ2) is 6.25. The number of hydrogen-bond acceptors (Lipinski definition) is 3. The van der Waals surface area contributed by atoms with Crippen molar-refractivity contribution in [3.63, 3.8) is 0 Å². The topological polar surface area (TPSA) is 53.1 Å². The van der Waals surface area contributed by atoms with Gasteiger partial charge in [0, 0.05) is 19.3 Å². The molecule has 108 valence electrons. The highest BCUT2D eigenvalue weighted by Gasteiger charge is 2.04. The molecule has 1 N–H and O–H groups in total. The van der Waals surface area contributed by atoms with Crippen molar-refractivity contribution < 1.29 is 0 Å². The minimum absolute atomic E-state index is 0.625. The third-order valence-electron chi connectivity index (χ3n) is 3.54. The second-order valence-corrected chi connectivity index (χ2v) is 5.08. The van der Waals surface area contributed by atoms with Crippen LogP contribution in [0.3, 0.4) is 0 Å². The summed E-state index contributed by atoms with van der Waals surface area (Å²) in [4.78, 5) is 4.34. The summed E-state index contributed by atoms with van der Waals surface area (Å²) in [6.07, 6.45) is 3.64. The molecule has 0 fully saturated rings. The molecule has 3 rings (SSSR count). The molecule has 0 aliphatic rings. The Kier molecular flexibility index (Phi) is 3.99. The van der Waals surface area contributed by atoms with Crippen LogP contribution in [0.4, 0.5) is 0 Å². The average molecular weight is 288 g/mol. The fourth-order valence-corrected chi connectivity index (χ4v) is 2.35. The van der Waals surface area contributed by atoms with Crippen LogP contribution in [0.25, 0.3) is 11.2 Å². The number of imidazole rings is 1. The molecule has 0 atom stereocenters. The number of nitriles is 1. The van der Waals surface area contributed by atoms with Gasteiger partial charge < -0.3 is 9.72 Å². The van der Waals surface area contributed by atoms with Gasteiger partial charge >= 0.3 is 0 Å². The van der Waals surface area contributed by atoms with Crippen LogP contribution in [0.15, 0.2) is 61.4 Å². The monoisotopic (exact) mass is 288 g/mol. The van der Waals surface area contributed by atoms with Gasteiger partial charge in [-0.15, -0.1) is 0 Å². The Bertz CT molecular complexity index is 840. The van der Waals surface area contributed by atoms with E-state index in [0.29, 0.717) is 18.7 Å². The number of pyridine rings is 1. The maximum Gasteiger partial charge on any atom is 0.137 e. The highest BCUT2D eigenvalue weighted by molar-refractivity contribution is 5.64. The van der Waals surface area contributed by atoms with Crippen molar-refractivity contribution in [2.45, 2.75) is 6.54 Å². The molecular formula is C18H16N4. The Hall–Kier alpha value is -2.90. The third kappa shape index (κ3) is 2.90. The van der Waals surface area contributed by atoms with Gasteiger partial charge in [-0.3, -0.25) is 0 Å². The highest BCUT2D eigenvalue weighted by atomic mass is 15.0. The molecule has 0 aliphatic heterocycles. The number of nitrogens with one attached hydrogen (secondary N) is 1. The molecule has 0 unspecified atom stereocenters. The Morgan fingerprint density at radius 3 is 2.82 bits per heavy atom. The normalized spacial score (nSPS) is 10.5. The summed E-state index contributed by atoms with van der Waals surface area (Å²) in [5, 5.41) is 12.4. The molecule has 2 heterocycles. The molecule has 0 spiro atoms. The number of fused-ring (bicyclic) bond motifs is 1. The van der Waals surface area contributed by atoms with E-state index in [1.807, 2.05) is 41.1 Å². The quantitative estimate of drug-likeness (QED) is 0.785. The lowest BCUT2D eigenvalue weighted by molar-refractivity contribution is 0.741. The maximum absolute atomic E-state index is 8.99. The zero-order chi connectivity index (χ0) is 15.4. The van der Waals surface area contributed by atoms with E-state index >= 15 is 0 Å². The van der Waals surface area contributed by atoms with Gasteiger partial charge in [0.25, 0.3) is 0 Å². The molecule has 0 bridgehead atoms. The first-order valence-electron chi connectivity index (χ1n) is 7.08. The van der Waals surface area contributed by atoms with Gasteiger partial charge in [-0.25, -0.2) is 4.98 Å². The van der Waals surface area contributed by atoms with E-state index in [2.05, 4.69) is 35.1 Å². The fourth-order valence-electron chi connectivity index (χ4n) is 2.35. The van der Waals surface area contributed by atoms with Gasteiger partial charge in [0.2, 0.25) is 0 Å². The van der Waals surface area contributed by atoms with Gasteiger partial charge in [0.15, 0.2) is 0 Å². The lowest BCUT2D eigenvalue weighted by Crippen LogP contribution is -2.16. The molecule has 0 radical (unpaired) electrons. The summed E-state index contributed by atoms with van der Waals surface area (Å²) in [5.41, 5.74) is 4.68. The second-order valence-electron chi connectivity index (χ2n) is 5.08. The molecule has 3 aromatic rings. The van der Waals surface area contributed by atoms with Gasteiger partial charge in [0.05, 0.1) is 17.5 Å². The summed E-state index contributed by atoms with van der Waals surface area (Å²) < 4.78 is 1.94. The largest absolute Gasteiger partial charge is 0.307 e. The van der Waals surface area contributed by atoms with Crippen LogP contribution in [0.2, 0.25) is 0 Å². The van der Waals surface area contributed by atoms with Crippen LogP contribution < -0.4 is 5.32 Å². The van der Waals surface area contributed by atoms with Crippen LogP contribution in [0.5, 0.6) is 0 Å². The number of aromatic nitrogens is 2. The van der Waals surface area contributed by atoms with Crippen LogP contribution in [-0.4, -0.2) is 15.9 Å². The number of benzene rings is 1. The summed E-state index contributed by atoms with van der Waals surface area (Å²) in [6.45, 7) is 5.48. The molecule has 22 heavy (non-hydrogen) atoms. The lowest BCUT2D eigenvalue weighted by atomic mass is 10.1. The van der Waals surface area contributed by atoms with Crippen LogP contribution >= 0.6 is 0 Å². The smallest absolute Gasteiger partial charge is 0.137 e. The summed E-state index contributed by atoms with van der Waals surface area (Å²) >= 11 is 0. The SMILES string of the molecule is C=C(CNCc1cnc2ccc(C#N)cn12)c1ccccc1.